The molecule has 0 spiro atoms. The van der Waals surface area contributed by atoms with Crippen molar-refractivity contribution in [2.45, 2.75) is 13.0 Å². The predicted octanol–water partition coefficient (Wildman–Crippen LogP) is 4.07. The molecule has 0 aliphatic heterocycles. The van der Waals surface area contributed by atoms with Gasteiger partial charge in [0, 0.05) is 23.3 Å². The van der Waals surface area contributed by atoms with E-state index in [4.69, 9.17) is 15.2 Å². The molecule has 2 aromatic carbocycles. The highest BCUT2D eigenvalue weighted by Gasteiger charge is 2.19. The lowest BCUT2D eigenvalue weighted by molar-refractivity contribution is 0.0600. The largest absolute Gasteiger partial charge is 0.482 e. The third-order valence-corrected chi connectivity index (χ3v) is 4.71. The molecule has 4 aromatic rings. The van der Waals surface area contributed by atoms with Crippen molar-refractivity contribution in [1.29, 1.82) is 0 Å². The minimum Gasteiger partial charge on any atom is -0.482 e. The second-order valence-corrected chi connectivity index (χ2v) is 6.68. The van der Waals surface area contributed by atoms with Gasteiger partial charge >= 0.3 is 5.97 Å². The van der Waals surface area contributed by atoms with Crippen molar-refractivity contribution in [2.75, 3.05) is 12.8 Å². The second kappa shape index (κ2) is 7.82. The maximum Gasteiger partial charge on any atom is 0.337 e. The van der Waals surface area contributed by atoms with E-state index in [1.54, 1.807) is 53.5 Å². The SMILES string of the molecule is COC(=O)c1ccc(-n2cccn2)c([C@H](C)Oc2cc3cc(F)ccc3nc2N)c1. The number of nitrogens with zero attached hydrogens (tertiary/aromatic N) is 3. The van der Waals surface area contributed by atoms with E-state index in [9.17, 15) is 9.18 Å². The lowest BCUT2D eigenvalue weighted by Crippen LogP contribution is -2.12. The molecule has 0 unspecified atom stereocenters. The number of nitrogen functional groups attached to an aromatic ring is 1. The Bertz CT molecular complexity index is 1220. The van der Waals surface area contributed by atoms with Crippen LogP contribution in [-0.4, -0.2) is 27.8 Å². The second-order valence-electron chi connectivity index (χ2n) is 6.68. The molecule has 0 aliphatic carbocycles. The first kappa shape index (κ1) is 19.4. The Kier molecular flexibility index (Phi) is 5.05. The van der Waals surface area contributed by atoms with Gasteiger partial charge in [-0.15, -0.1) is 0 Å². The fraction of sp³-hybridized carbons (Fsp3) is 0.136. The number of aromatic nitrogens is 3. The highest BCUT2D eigenvalue weighted by molar-refractivity contribution is 5.90. The lowest BCUT2D eigenvalue weighted by Gasteiger charge is -2.20. The summed E-state index contributed by atoms with van der Waals surface area (Å²) in [5.74, 6) is -0.334. The molecule has 0 bridgehead atoms. The van der Waals surface area contributed by atoms with E-state index < -0.39 is 12.1 Å². The van der Waals surface area contributed by atoms with Crippen molar-refractivity contribution in [1.82, 2.24) is 14.8 Å². The summed E-state index contributed by atoms with van der Waals surface area (Å²) in [7, 11) is 1.32. The molecule has 1 atom stereocenters. The van der Waals surface area contributed by atoms with Crippen LogP contribution < -0.4 is 10.5 Å². The van der Waals surface area contributed by atoms with Crippen LogP contribution in [0.15, 0.2) is 60.9 Å². The number of carbonyl (C=O) groups is 1. The maximum absolute atomic E-state index is 13.6. The number of anilines is 1. The number of hydrogen-bond donors (Lipinski definition) is 1. The summed E-state index contributed by atoms with van der Waals surface area (Å²) in [5, 5.41) is 4.84. The van der Waals surface area contributed by atoms with Crippen molar-refractivity contribution in [3.63, 3.8) is 0 Å². The molecule has 0 saturated carbocycles. The number of benzene rings is 2. The zero-order valence-corrected chi connectivity index (χ0v) is 16.4. The van der Waals surface area contributed by atoms with E-state index in [0.717, 1.165) is 5.69 Å². The summed E-state index contributed by atoms with van der Waals surface area (Å²) >= 11 is 0. The van der Waals surface area contributed by atoms with Crippen molar-refractivity contribution in [3.05, 3.63) is 77.9 Å². The molecular weight excluding hydrogens is 387 g/mol. The molecular formula is C22H19FN4O3. The van der Waals surface area contributed by atoms with E-state index in [1.165, 1.54) is 19.2 Å². The molecule has 2 N–H and O–H groups in total. The van der Waals surface area contributed by atoms with Gasteiger partial charge in [0.15, 0.2) is 11.6 Å². The Hall–Kier alpha value is -3.94. The van der Waals surface area contributed by atoms with Crippen LogP contribution >= 0.6 is 0 Å². The van der Waals surface area contributed by atoms with Crippen LogP contribution in [0.1, 0.15) is 28.9 Å². The summed E-state index contributed by atoms with van der Waals surface area (Å²) in [6.07, 6.45) is 2.92. The molecule has 7 nitrogen and oxygen atoms in total. The van der Waals surface area contributed by atoms with Gasteiger partial charge in [-0.3, -0.25) is 0 Å². The third kappa shape index (κ3) is 3.67. The minimum atomic E-state index is -0.524. The summed E-state index contributed by atoms with van der Waals surface area (Å²) in [5.41, 5.74) is 8.44. The van der Waals surface area contributed by atoms with Gasteiger partial charge in [0.05, 0.1) is 23.9 Å². The highest BCUT2D eigenvalue weighted by atomic mass is 19.1. The number of methoxy groups -OCH3 is 1. The van der Waals surface area contributed by atoms with Gasteiger partial charge in [0.25, 0.3) is 0 Å². The van der Waals surface area contributed by atoms with Gasteiger partial charge in [-0.2, -0.15) is 5.10 Å². The molecule has 152 valence electrons. The average molecular weight is 406 g/mol. The number of ether oxygens (including phenoxy) is 2. The smallest absolute Gasteiger partial charge is 0.337 e. The predicted molar refractivity (Wildman–Crippen MR) is 110 cm³/mol. The van der Waals surface area contributed by atoms with Crippen LogP contribution in [-0.2, 0) is 4.74 Å². The third-order valence-electron chi connectivity index (χ3n) is 4.71. The van der Waals surface area contributed by atoms with Crippen LogP contribution in [0, 0.1) is 5.82 Å². The number of pyridine rings is 1. The minimum absolute atomic E-state index is 0.186. The molecule has 0 saturated heterocycles. The van der Waals surface area contributed by atoms with E-state index in [1.807, 2.05) is 6.92 Å². The van der Waals surface area contributed by atoms with E-state index in [-0.39, 0.29) is 11.6 Å². The normalized spacial score (nSPS) is 12.0. The number of nitrogens with two attached hydrogens (primary N) is 1. The summed E-state index contributed by atoms with van der Waals surface area (Å²) in [6.45, 7) is 1.82. The monoisotopic (exact) mass is 406 g/mol. The van der Waals surface area contributed by atoms with Crippen LogP contribution in [0.2, 0.25) is 0 Å². The quantitative estimate of drug-likeness (QED) is 0.502. The molecule has 4 rings (SSSR count). The van der Waals surface area contributed by atoms with Gasteiger partial charge in [0.1, 0.15) is 11.9 Å². The van der Waals surface area contributed by atoms with Crippen LogP contribution in [0.25, 0.3) is 16.6 Å². The maximum atomic E-state index is 13.6. The molecule has 8 heteroatoms. The number of halogens is 1. The van der Waals surface area contributed by atoms with Gasteiger partial charge in [0.2, 0.25) is 0 Å². The van der Waals surface area contributed by atoms with Gasteiger partial charge in [-0.1, -0.05) is 0 Å². The van der Waals surface area contributed by atoms with Crippen LogP contribution in [0.5, 0.6) is 5.75 Å². The molecule has 0 aliphatic rings. The Morgan fingerprint density at radius 1 is 1.20 bits per heavy atom. The fourth-order valence-electron chi connectivity index (χ4n) is 3.24. The molecule has 0 radical (unpaired) electrons. The summed E-state index contributed by atoms with van der Waals surface area (Å²) in [6, 6.07) is 12.8. The molecule has 2 aromatic heterocycles. The Labute approximate surface area is 171 Å². The van der Waals surface area contributed by atoms with Gasteiger partial charge < -0.3 is 15.2 Å². The number of fused-ring (bicyclic) bond motifs is 1. The van der Waals surface area contributed by atoms with Crippen LogP contribution in [0.3, 0.4) is 0 Å². The zero-order valence-electron chi connectivity index (χ0n) is 16.4. The van der Waals surface area contributed by atoms with E-state index in [0.29, 0.717) is 27.8 Å². The van der Waals surface area contributed by atoms with Crippen LogP contribution in [0.4, 0.5) is 10.2 Å². The number of hydrogen-bond acceptors (Lipinski definition) is 6. The number of carbonyl (C=O) groups excluding carboxylic acids is 1. The Morgan fingerprint density at radius 3 is 2.77 bits per heavy atom. The topological polar surface area (TPSA) is 92.3 Å². The first-order valence-corrected chi connectivity index (χ1v) is 9.21. The van der Waals surface area contributed by atoms with E-state index in [2.05, 4.69) is 10.1 Å². The Morgan fingerprint density at radius 2 is 2.03 bits per heavy atom. The Balaban J connectivity index is 1.75. The van der Waals surface area contributed by atoms with Crippen molar-refractivity contribution < 1.29 is 18.7 Å². The lowest BCUT2D eigenvalue weighted by atomic mass is 10.0. The van der Waals surface area contributed by atoms with E-state index >= 15 is 0 Å². The average Bonchev–Trinajstić information content (AvgIpc) is 3.28. The highest BCUT2D eigenvalue weighted by Crippen LogP contribution is 2.32. The fourth-order valence-corrected chi connectivity index (χ4v) is 3.24. The first-order chi connectivity index (χ1) is 14.5. The van der Waals surface area contributed by atoms with Gasteiger partial charge in [-0.05, 0) is 55.5 Å². The van der Waals surface area contributed by atoms with Crippen molar-refractivity contribution in [3.8, 4) is 11.4 Å². The molecule has 0 fully saturated rings. The van der Waals surface area contributed by atoms with Gasteiger partial charge in [-0.25, -0.2) is 18.9 Å². The molecule has 30 heavy (non-hydrogen) atoms. The zero-order chi connectivity index (χ0) is 21.3. The van der Waals surface area contributed by atoms with Crippen molar-refractivity contribution >= 4 is 22.7 Å². The summed E-state index contributed by atoms with van der Waals surface area (Å²) in [4.78, 5) is 16.3. The molecule has 2 heterocycles. The standard InChI is InChI=1S/C22H19FN4O3/c1-13(30-20-12-15-10-16(23)5-6-18(15)26-21(20)24)17-11-14(22(28)29-2)4-7-19(17)27-9-3-8-25-27/h3-13H,1-2H3,(H2,24,26)/t13-/m0/s1. The number of rotatable bonds is 5. The summed E-state index contributed by atoms with van der Waals surface area (Å²) < 4.78 is 26.2. The van der Waals surface area contributed by atoms with Crippen molar-refractivity contribution in [2.24, 2.45) is 0 Å². The number of esters is 1. The first-order valence-electron chi connectivity index (χ1n) is 9.21. The molecule has 0 amide bonds.